The molecular weight excluding hydrogens is 351 g/mol. The lowest BCUT2D eigenvalue weighted by Crippen LogP contribution is -2.44. The average Bonchev–Trinajstić information content (AvgIpc) is 2.39. The Hall–Kier alpha value is -0.620. The molecule has 1 saturated heterocycles. The van der Waals surface area contributed by atoms with E-state index in [2.05, 4.69) is 42.2 Å². The summed E-state index contributed by atoms with van der Waals surface area (Å²) in [6.07, 6.45) is 0. The smallest absolute Gasteiger partial charge is 0.199 e. The molecule has 1 aromatic carbocycles. The summed E-state index contributed by atoms with van der Waals surface area (Å²) in [5.41, 5.74) is 0.989. The quantitative estimate of drug-likeness (QED) is 0.789. The third-order valence-corrected chi connectivity index (χ3v) is 3.33. The predicted molar refractivity (Wildman–Crippen MR) is 86.8 cm³/mol. The van der Waals surface area contributed by atoms with Crippen LogP contribution < -0.4 is 10.2 Å². The first kappa shape index (κ1) is 16.4. The largest absolute Gasteiger partial charge is 0.353 e. The van der Waals surface area contributed by atoms with E-state index < -0.39 is 0 Å². The summed E-state index contributed by atoms with van der Waals surface area (Å²) in [6, 6.07) is 8.14. The minimum atomic E-state index is 0. The number of rotatable bonds is 1. The highest BCUT2D eigenvalue weighted by atomic mass is 79.9. The van der Waals surface area contributed by atoms with E-state index in [0.29, 0.717) is 4.73 Å². The number of hydrogen-bond acceptors (Lipinski definition) is 4. The van der Waals surface area contributed by atoms with E-state index >= 15 is 0 Å². The molecule has 0 atom stereocenters. The van der Waals surface area contributed by atoms with Crippen LogP contribution in [0.15, 0.2) is 29.0 Å². The molecule has 0 bridgehead atoms. The Morgan fingerprint density at radius 1 is 1.05 bits per heavy atom. The zero-order valence-electron chi connectivity index (χ0n) is 10.2. The fourth-order valence-corrected chi connectivity index (χ4v) is 2.51. The molecule has 19 heavy (non-hydrogen) atoms. The number of nitrogens with zero attached hydrogens (tertiary/aromatic N) is 3. The van der Waals surface area contributed by atoms with Gasteiger partial charge in [-0.3, -0.25) is 0 Å². The van der Waals surface area contributed by atoms with Gasteiger partial charge in [0.2, 0.25) is 0 Å². The summed E-state index contributed by atoms with van der Waals surface area (Å²) in [5, 5.41) is 4.47. The van der Waals surface area contributed by atoms with Gasteiger partial charge < -0.3 is 10.2 Å². The van der Waals surface area contributed by atoms with Crippen molar-refractivity contribution in [2.75, 3.05) is 31.1 Å². The molecule has 1 aromatic heterocycles. The molecule has 0 unspecified atom stereocenters. The lowest BCUT2D eigenvalue weighted by molar-refractivity contribution is 0.585. The number of anilines is 1. The SMILES string of the molecule is Brc1nc(N2CCNCC2)c2ccccc2n1.Cl.Cl. The number of halogens is 3. The van der Waals surface area contributed by atoms with Gasteiger partial charge >= 0.3 is 0 Å². The second-order valence-electron chi connectivity index (χ2n) is 4.07. The van der Waals surface area contributed by atoms with E-state index in [0.717, 1.165) is 42.9 Å². The molecule has 0 saturated carbocycles. The number of piperazine rings is 1. The van der Waals surface area contributed by atoms with Crippen LogP contribution in [0.3, 0.4) is 0 Å². The molecule has 2 heterocycles. The minimum absolute atomic E-state index is 0. The van der Waals surface area contributed by atoms with Gasteiger partial charge in [-0.05, 0) is 28.1 Å². The lowest BCUT2D eigenvalue weighted by atomic mass is 10.2. The van der Waals surface area contributed by atoms with Gasteiger partial charge in [0.05, 0.1) is 5.52 Å². The van der Waals surface area contributed by atoms with Crippen molar-refractivity contribution in [3.63, 3.8) is 0 Å². The Morgan fingerprint density at radius 2 is 1.74 bits per heavy atom. The molecule has 1 fully saturated rings. The Kier molecular flexibility index (Phi) is 6.26. The van der Waals surface area contributed by atoms with E-state index in [9.17, 15) is 0 Å². The maximum Gasteiger partial charge on any atom is 0.199 e. The first-order valence-corrected chi connectivity index (χ1v) is 6.52. The molecule has 4 nitrogen and oxygen atoms in total. The zero-order valence-corrected chi connectivity index (χ0v) is 13.4. The van der Waals surface area contributed by atoms with Crippen LogP contribution in [-0.4, -0.2) is 36.1 Å². The Bertz CT molecular complexity index is 546. The standard InChI is InChI=1S/C12H13BrN4.2ClH/c13-12-15-10-4-2-1-3-9(10)11(16-12)17-7-5-14-6-8-17;;/h1-4,14H,5-8H2;2*1H. The monoisotopic (exact) mass is 364 g/mol. The topological polar surface area (TPSA) is 41.1 Å². The second kappa shape index (κ2) is 7.24. The normalized spacial score (nSPS) is 14.7. The van der Waals surface area contributed by atoms with Crippen molar-refractivity contribution < 1.29 is 0 Å². The summed E-state index contributed by atoms with van der Waals surface area (Å²) >= 11 is 3.39. The minimum Gasteiger partial charge on any atom is -0.353 e. The number of para-hydroxylation sites is 1. The van der Waals surface area contributed by atoms with Gasteiger partial charge in [0.25, 0.3) is 0 Å². The molecule has 1 aliphatic heterocycles. The molecule has 1 aliphatic rings. The van der Waals surface area contributed by atoms with E-state index in [1.807, 2.05) is 18.2 Å². The third kappa shape index (κ3) is 3.48. The first-order chi connectivity index (χ1) is 8.34. The number of hydrogen-bond donors (Lipinski definition) is 1. The average molecular weight is 366 g/mol. The van der Waals surface area contributed by atoms with Crippen LogP contribution in [0.5, 0.6) is 0 Å². The van der Waals surface area contributed by atoms with E-state index in [4.69, 9.17) is 0 Å². The molecule has 7 heteroatoms. The zero-order chi connectivity index (χ0) is 11.7. The molecular formula is C12H15BrCl2N4. The van der Waals surface area contributed by atoms with Crippen LogP contribution in [-0.2, 0) is 0 Å². The van der Waals surface area contributed by atoms with Gasteiger partial charge in [-0.15, -0.1) is 24.8 Å². The molecule has 0 spiro atoms. The van der Waals surface area contributed by atoms with Gasteiger partial charge in [-0.1, -0.05) is 12.1 Å². The van der Waals surface area contributed by atoms with Crippen molar-refractivity contribution in [1.82, 2.24) is 15.3 Å². The highest BCUT2D eigenvalue weighted by Gasteiger charge is 2.15. The van der Waals surface area contributed by atoms with Crippen molar-refractivity contribution in [3.05, 3.63) is 29.0 Å². The lowest BCUT2D eigenvalue weighted by Gasteiger charge is -2.29. The fraction of sp³-hybridized carbons (Fsp3) is 0.333. The van der Waals surface area contributed by atoms with Crippen LogP contribution in [0.1, 0.15) is 0 Å². The number of fused-ring (bicyclic) bond motifs is 1. The fourth-order valence-electron chi connectivity index (χ4n) is 2.15. The molecule has 0 aliphatic carbocycles. The molecule has 2 aromatic rings. The first-order valence-electron chi connectivity index (χ1n) is 5.72. The van der Waals surface area contributed by atoms with Gasteiger partial charge in [-0.2, -0.15) is 0 Å². The van der Waals surface area contributed by atoms with Crippen molar-refractivity contribution in [1.29, 1.82) is 0 Å². The van der Waals surface area contributed by atoms with Crippen LogP contribution in [0.4, 0.5) is 5.82 Å². The van der Waals surface area contributed by atoms with Crippen LogP contribution in [0.25, 0.3) is 10.9 Å². The molecule has 0 radical (unpaired) electrons. The van der Waals surface area contributed by atoms with Crippen LogP contribution in [0.2, 0.25) is 0 Å². The van der Waals surface area contributed by atoms with Crippen molar-refractivity contribution in [2.24, 2.45) is 0 Å². The van der Waals surface area contributed by atoms with Gasteiger partial charge in [0.15, 0.2) is 4.73 Å². The number of aromatic nitrogens is 2. The van der Waals surface area contributed by atoms with Gasteiger partial charge in [0, 0.05) is 31.6 Å². The second-order valence-corrected chi connectivity index (χ2v) is 4.78. The summed E-state index contributed by atoms with van der Waals surface area (Å²) in [6.45, 7) is 4.01. The Balaban J connectivity index is 0.000000902. The molecule has 3 rings (SSSR count). The maximum atomic E-state index is 4.53. The van der Waals surface area contributed by atoms with Crippen molar-refractivity contribution in [2.45, 2.75) is 0 Å². The summed E-state index contributed by atoms with van der Waals surface area (Å²) < 4.78 is 0.657. The van der Waals surface area contributed by atoms with Crippen LogP contribution in [0, 0.1) is 0 Å². The van der Waals surface area contributed by atoms with Gasteiger partial charge in [-0.25, -0.2) is 9.97 Å². The number of benzene rings is 1. The molecule has 104 valence electrons. The van der Waals surface area contributed by atoms with Crippen LogP contribution >= 0.6 is 40.7 Å². The van der Waals surface area contributed by atoms with E-state index in [1.165, 1.54) is 0 Å². The summed E-state index contributed by atoms with van der Waals surface area (Å²) in [4.78, 5) is 11.2. The van der Waals surface area contributed by atoms with Crippen molar-refractivity contribution in [3.8, 4) is 0 Å². The van der Waals surface area contributed by atoms with E-state index in [-0.39, 0.29) is 24.8 Å². The predicted octanol–water partition coefficient (Wildman–Crippen LogP) is 2.65. The highest BCUT2D eigenvalue weighted by molar-refractivity contribution is 9.10. The summed E-state index contributed by atoms with van der Waals surface area (Å²) in [5.74, 6) is 1.03. The molecule has 0 amide bonds. The summed E-state index contributed by atoms with van der Waals surface area (Å²) in [7, 11) is 0. The van der Waals surface area contributed by atoms with Gasteiger partial charge in [0.1, 0.15) is 5.82 Å². The number of nitrogens with one attached hydrogen (secondary N) is 1. The third-order valence-electron chi connectivity index (χ3n) is 2.97. The van der Waals surface area contributed by atoms with E-state index in [1.54, 1.807) is 0 Å². The van der Waals surface area contributed by atoms with Crippen molar-refractivity contribution >= 4 is 57.5 Å². The maximum absolute atomic E-state index is 4.53. The Labute approximate surface area is 132 Å². The Morgan fingerprint density at radius 3 is 2.47 bits per heavy atom. The highest BCUT2D eigenvalue weighted by Crippen LogP contribution is 2.25. The molecule has 1 N–H and O–H groups in total.